The first kappa shape index (κ1) is 30.4. The summed E-state index contributed by atoms with van der Waals surface area (Å²) in [5.74, 6) is 0.699. The fourth-order valence-corrected chi connectivity index (χ4v) is 7.34. The molecule has 1 N–H and O–H groups in total. The van der Waals surface area contributed by atoms with Gasteiger partial charge in [0.05, 0.1) is 31.2 Å². The molecular formula is C34H36F3N7O2. The van der Waals surface area contributed by atoms with Crippen molar-refractivity contribution in [2.75, 3.05) is 44.2 Å². The van der Waals surface area contributed by atoms with Crippen molar-refractivity contribution in [3.05, 3.63) is 65.1 Å². The van der Waals surface area contributed by atoms with Crippen LogP contribution in [0.2, 0.25) is 0 Å². The first-order valence-electron chi connectivity index (χ1n) is 15.8. The number of nitriles is 1. The number of halogens is 3. The van der Waals surface area contributed by atoms with Crippen LogP contribution in [0.5, 0.6) is 0 Å². The van der Waals surface area contributed by atoms with E-state index in [-0.39, 0.29) is 23.0 Å². The highest BCUT2D eigenvalue weighted by molar-refractivity contribution is 5.90. The zero-order chi connectivity index (χ0) is 32.1. The number of aromatic nitrogens is 3. The summed E-state index contributed by atoms with van der Waals surface area (Å²) in [6.07, 6.45) is -1.51. The Labute approximate surface area is 264 Å². The van der Waals surface area contributed by atoms with Crippen LogP contribution >= 0.6 is 0 Å². The predicted octanol–water partition coefficient (Wildman–Crippen LogP) is 4.88. The zero-order valence-electron chi connectivity index (χ0n) is 25.7. The van der Waals surface area contributed by atoms with Crippen LogP contribution in [0.4, 0.5) is 19.0 Å². The molecule has 240 valence electrons. The van der Waals surface area contributed by atoms with Gasteiger partial charge in [0.25, 0.3) is 0 Å². The van der Waals surface area contributed by atoms with Crippen molar-refractivity contribution in [1.29, 1.82) is 5.26 Å². The Bertz CT molecular complexity index is 1830. The van der Waals surface area contributed by atoms with Crippen molar-refractivity contribution >= 4 is 33.5 Å². The molecule has 0 aliphatic carbocycles. The van der Waals surface area contributed by atoms with Crippen LogP contribution in [-0.2, 0) is 29.0 Å². The summed E-state index contributed by atoms with van der Waals surface area (Å²) in [5, 5.41) is 14.5. The molecule has 3 aliphatic rings. The topological polar surface area (TPSA) is 99.3 Å². The SMILES string of the molecule is Cc1c(CN2CCC3(CC2)CN(c2ncnc4ccc(CC(F)(F)F)cc24)C3)ccc2c1cc(C#N)n2CC1CNC(=O)CCO1. The molecule has 12 heteroatoms. The van der Waals surface area contributed by atoms with E-state index in [9.17, 15) is 23.2 Å². The second kappa shape index (κ2) is 11.9. The monoisotopic (exact) mass is 631 g/mol. The Morgan fingerprint density at radius 3 is 2.67 bits per heavy atom. The third-order valence-electron chi connectivity index (χ3n) is 9.92. The number of anilines is 1. The fourth-order valence-electron chi connectivity index (χ4n) is 7.34. The van der Waals surface area contributed by atoms with E-state index in [4.69, 9.17) is 4.74 Å². The summed E-state index contributed by atoms with van der Waals surface area (Å²) < 4.78 is 47.0. The molecule has 5 heterocycles. The molecule has 7 rings (SSSR count). The Kier molecular flexibility index (Phi) is 7.85. The molecule has 3 saturated heterocycles. The molecule has 2 aromatic heterocycles. The Balaban J connectivity index is 1.00. The highest BCUT2D eigenvalue weighted by Gasteiger charge is 2.45. The third kappa shape index (κ3) is 6.01. The van der Waals surface area contributed by atoms with E-state index in [1.165, 1.54) is 23.5 Å². The van der Waals surface area contributed by atoms with Gasteiger partial charge in [0.2, 0.25) is 5.91 Å². The Morgan fingerprint density at radius 1 is 1.11 bits per heavy atom. The fraction of sp³-hybridized carbons (Fsp3) is 0.471. The number of nitrogens with zero attached hydrogens (tertiary/aromatic N) is 6. The number of alkyl halides is 3. The largest absolute Gasteiger partial charge is 0.393 e. The van der Waals surface area contributed by atoms with E-state index in [2.05, 4.69) is 50.2 Å². The number of ether oxygens (including phenoxy) is 1. The molecule has 1 spiro atoms. The molecule has 46 heavy (non-hydrogen) atoms. The number of hydrogen-bond acceptors (Lipinski definition) is 7. The van der Waals surface area contributed by atoms with Gasteiger partial charge in [0, 0.05) is 54.3 Å². The standard InChI is InChI=1S/C34H36F3N7O2/c1-22-24(3-5-30-27(22)13-25(15-38)44(30)18-26-16-39-31(45)6-11-46-26)17-42-9-7-33(8-10-42)19-43(20-33)32-28-12-23(14-34(35,36)37)2-4-29(28)40-21-41-32/h2-5,12-13,21,26H,6-11,14,16-20H2,1H3,(H,39,45). The van der Waals surface area contributed by atoms with Crippen molar-refractivity contribution in [2.24, 2.45) is 5.41 Å². The van der Waals surface area contributed by atoms with Gasteiger partial charge >= 0.3 is 6.18 Å². The normalized spacial score (nSPS) is 20.5. The van der Waals surface area contributed by atoms with E-state index in [1.54, 1.807) is 12.1 Å². The zero-order valence-corrected chi connectivity index (χ0v) is 25.7. The lowest BCUT2D eigenvalue weighted by molar-refractivity contribution is -0.127. The van der Waals surface area contributed by atoms with Gasteiger partial charge in [-0.1, -0.05) is 12.1 Å². The molecule has 2 aromatic carbocycles. The number of piperidine rings is 1. The second-order valence-corrected chi connectivity index (χ2v) is 13.1. The predicted molar refractivity (Wildman–Crippen MR) is 167 cm³/mol. The molecule has 0 bridgehead atoms. The van der Waals surface area contributed by atoms with Crippen LogP contribution in [0.3, 0.4) is 0 Å². The summed E-state index contributed by atoms with van der Waals surface area (Å²) in [4.78, 5) is 25.2. The smallest absolute Gasteiger partial charge is 0.374 e. The second-order valence-electron chi connectivity index (χ2n) is 13.1. The number of nitrogens with one attached hydrogen (secondary N) is 1. The number of rotatable bonds is 6. The van der Waals surface area contributed by atoms with Crippen LogP contribution in [0, 0.1) is 23.7 Å². The van der Waals surface area contributed by atoms with Crippen molar-refractivity contribution in [2.45, 2.75) is 58.0 Å². The first-order chi connectivity index (χ1) is 22.1. The highest BCUT2D eigenvalue weighted by Crippen LogP contribution is 2.44. The minimum atomic E-state index is -4.27. The Morgan fingerprint density at radius 2 is 1.91 bits per heavy atom. The summed E-state index contributed by atoms with van der Waals surface area (Å²) in [6.45, 7) is 7.82. The van der Waals surface area contributed by atoms with Crippen LogP contribution in [0.1, 0.15) is 41.6 Å². The van der Waals surface area contributed by atoms with Crippen molar-refractivity contribution in [3.8, 4) is 6.07 Å². The number of hydrogen-bond donors (Lipinski definition) is 1. The summed E-state index contributed by atoms with van der Waals surface area (Å²) in [5.41, 5.74) is 5.02. The van der Waals surface area contributed by atoms with Crippen LogP contribution in [0.25, 0.3) is 21.8 Å². The third-order valence-corrected chi connectivity index (χ3v) is 9.92. The molecule has 1 amide bonds. The molecule has 3 aliphatic heterocycles. The molecule has 0 saturated carbocycles. The quantitative estimate of drug-likeness (QED) is 0.324. The van der Waals surface area contributed by atoms with Gasteiger partial charge in [-0.2, -0.15) is 18.4 Å². The maximum atomic E-state index is 13.0. The van der Waals surface area contributed by atoms with Gasteiger partial charge in [-0.05, 0) is 73.8 Å². The lowest BCUT2D eigenvalue weighted by Gasteiger charge is -2.54. The van der Waals surface area contributed by atoms with Gasteiger partial charge in [-0.3, -0.25) is 9.69 Å². The molecular weight excluding hydrogens is 595 g/mol. The number of amides is 1. The van der Waals surface area contributed by atoms with Crippen LogP contribution < -0.4 is 10.2 Å². The van der Waals surface area contributed by atoms with Gasteiger partial charge in [0.15, 0.2) is 0 Å². The van der Waals surface area contributed by atoms with Gasteiger partial charge < -0.3 is 19.5 Å². The molecule has 0 radical (unpaired) electrons. The molecule has 4 aromatic rings. The van der Waals surface area contributed by atoms with Crippen LogP contribution in [0.15, 0.2) is 42.7 Å². The van der Waals surface area contributed by atoms with E-state index in [0.29, 0.717) is 48.5 Å². The van der Waals surface area contributed by atoms with E-state index >= 15 is 0 Å². The van der Waals surface area contributed by atoms with Gasteiger partial charge in [-0.25, -0.2) is 9.97 Å². The number of likely N-dealkylation sites (tertiary alicyclic amines) is 1. The molecule has 9 nitrogen and oxygen atoms in total. The minimum absolute atomic E-state index is 0.0140. The van der Waals surface area contributed by atoms with E-state index < -0.39 is 12.6 Å². The summed E-state index contributed by atoms with van der Waals surface area (Å²) in [7, 11) is 0. The summed E-state index contributed by atoms with van der Waals surface area (Å²) in [6, 6.07) is 13.3. The van der Waals surface area contributed by atoms with Gasteiger partial charge in [-0.15, -0.1) is 0 Å². The lowest BCUT2D eigenvalue weighted by atomic mass is 9.72. The average Bonchev–Trinajstić information content (AvgIpc) is 3.23. The van der Waals surface area contributed by atoms with Crippen molar-refractivity contribution in [3.63, 3.8) is 0 Å². The van der Waals surface area contributed by atoms with Crippen LogP contribution in [-0.4, -0.2) is 77.0 Å². The van der Waals surface area contributed by atoms with Gasteiger partial charge in [0.1, 0.15) is 23.9 Å². The van der Waals surface area contributed by atoms with Crippen molar-refractivity contribution < 1.29 is 22.7 Å². The number of carbonyl (C=O) groups is 1. The number of benzene rings is 2. The average molecular weight is 632 g/mol. The molecule has 1 unspecified atom stereocenters. The maximum Gasteiger partial charge on any atom is 0.393 e. The van der Waals surface area contributed by atoms with E-state index in [0.717, 1.165) is 56.5 Å². The Hall–Kier alpha value is -4.21. The first-order valence-corrected chi connectivity index (χ1v) is 15.8. The van der Waals surface area contributed by atoms with Crippen molar-refractivity contribution in [1.82, 2.24) is 24.8 Å². The lowest BCUT2D eigenvalue weighted by Crippen LogP contribution is -2.60. The number of aryl methyl sites for hydroxylation is 1. The number of carbonyl (C=O) groups excluding carboxylic acids is 1. The molecule has 3 fully saturated rings. The number of fused-ring (bicyclic) bond motifs is 2. The highest BCUT2D eigenvalue weighted by atomic mass is 19.4. The summed E-state index contributed by atoms with van der Waals surface area (Å²) >= 11 is 0. The molecule has 1 atom stereocenters. The maximum absolute atomic E-state index is 13.0. The minimum Gasteiger partial charge on any atom is -0.374 e. The van der Waals surface area contributed by atoms with E-state index in [1.807, 2.05) is 10.6 Å².